The minimum absolute atomic E-state index is 0.0357. The molecule has 2 aromatic rings. The first kappa shape index (κ1) is 20.3. The number of esters is 1. The average molecular weight is 390 g/mol. The zero-order valence-corrected chi connectivity index (χ0v) is 15.8. The molecule has 1 amide bonds. The van der Waals surface area contributed by atoms with E-state index in [0.717, 1.165) is 23.1 Å². The number of amides is 1. The van der Waals surface area contributed by atoms with Crippen molar-refractivity contribution in [3.8, 4) is 0 Å². The number of nitro groups is 1. The number of thioether (sulfide) groups is 1. The van der Waals surface area contributed by atoms with Crippen molar-refractivity contribution in [1.29, 1.82) is 0 Å². The Hall–Kier alpha value is -3.01. The Balaban J connectivity index is 1.83. The summed E-state index contributed by atoms with van der Waals surface area (Å²) >= 11 is 1.12. The van der Waals surface area contributed by atoms with Crippen LogP contribution in [0.4, 0.5) is 11.4 Å². The molecule has 1 N–H and O–H groups in total. The molecule has 0 saturated carbocycles. The number of carbonyl (C=O) groups is 2. The molecule has 27 heavy (non-hydrogen) atoms. The van der Waals surface area contributed by atoms with Gasteiger partial charge in [-0.1, -0.05) is 17.8 Å². The van der Waals surface area contributed by atoms with Gasteiger partial charge < -0.3 is 10.1 Å². The molecule has 0 aliphatic heterocycles. The molecule has 0 unspecified atom stereocenters. The number of anilines is 1. The van der Waals surface area contributed by atoms with E-state index in [0.29, 0.717) is 16.4 Å². The molecule has 2 rings (SSSR count). The molecule has 1 aromatic heterocycles. The van der Waals surface area contributed by atoms with E-state index in [1.807, 2.05) is 19.9 Å². The van der Waals surface area contributed by atoms with Crippen LogP contribution in [0.25, 0.3) is 0 Å². The summed E-state index contributed by atoms with van der Waals surface area (Å²) in [6.07, 6.45) is 0. The van der Waals surface area contributed by atoms with Gasteiger partial charge >= 0.3 is 5.97 Å². The van der Waals surface area contributed by atoms with E-state index in [2.05, 4.69) is 15.3 Å². The molecular weight excluding hydrogens is 372 g/mol. The molecule has 0 bridgehead atoms. The van der Waals surface area contributed by atoms with Crippen LogP contribution in [-0.2, 0) is 14.3 Å². The quantitative estimate of drug-likeness (QED) is 0.251. The van der Waals surface area contributed by atoms with Crippen molar-refractivity contribution in [2.45, 2.75) is 25.9 Å². The van der Waals surface area contributed by atoms with Gasteiger partial charge in [-0.3, -0.25) is 19.7 Å². The molecule has 0 saturated heterocycles. The molecule has 0 fully saturated rings. The van der Waals surface area contributed by atoms with E-state index in [9.17, 15) is 19.7 Å². The minimum atomic E-state index is -0.589. The van der Waals surface area contributed by atoms with Crippen molar-refractivity contribution in [3.63, 3.8) is 0 Å². The summed E-state index contributed by atoms with van der Waals surface area (Å²) in [5, 5.41) is 13.8. The van der Waals surface area contributed by atoms with Crippen molar-refractivity contribution in [3.05, 3.63) is 51.3 Å². The normalized spacial score (nSPS) is 10.3. The third-order valence-electron chi connectivity index (χ3n) is 3.35. The van der Waals surface area contributed by atoms with Crippen molar-refractivity contribution in [2.24, 2.45) is 0 Å². The lowest BCUT2D eigenvalue weighted by Gasteiger charge is -2.09. The summed E-state index contributed by atoms with van der Waals surface area (Å²) in [4.78, 5) is 42.4. The number of rotatable bonds is 7. The van der Waals surface area contributed by atoms with Crippen LogP contribution in [0.1, 0.15) is 17.0 Å². The van der Waals surface area contributed by atoms with Crippen LogP contribution < -0.4 is 5.32 Å². The summed E-state index contributed by atoms with van der Waals surface area (Å²) in [7, 11) is 0. The first-order chi connectivity index (χ1) is 12.7. The number of hydrogen-bond donors (Lipinski definition) is 1. The molecular formula is C17H18N4O5S. The van der Waals surface area contributed by atoms with E-state index in [-0.39, 0.29) is 11.4 Å². The van der Waals surface area contributed by atoms with Gasteiger partial charge in [0.05, 0.1) is 16.4 Å². The molecule has 0 atom stereocenters. The maximum absolute atomic E-state index is 11.9. The molecule has 0 radical (unpaired) electrons. The highest BCUT2D eigenvalue weighted by Gasteiger charge is 2.13. The summed E-state index contributed by atoms with van der Waals surface area (Å²) < 4.78 is 4.91. The second kappa shape index (κ2) is 9.08. The largest absolute Gasteiger partial charge is 0.455 e. The fourth-order valence-corrected chi connectivity index (χ4v) is 2.86. The summed E-state index contributed by atoms with van der Waals surface area (Å²) in [6, 6.07) is 5.95. The molecule has 1 aromatic carbocycles. The fraction of sp³-hybridized carbons (Fsp3) is 0.294. The van der Waals surface area contributed by atoms with E-state index in [4.69, 9.17) is 4.74 Å². The highest BCUT2D eigenvalue weighted by atomic mass is 32.2. The predicted molar refractivity (Wildman–Crippen MR) is 99.7 cm³/mol. The van der Waals surface area contributed by atoms with Crippen molar-refractivity contribution < 1.29 is 19.2 Å². The Bertz CT molecular complexity index is 867. The van der Waals surface area contributed by atoms with Crippen molar-refractivity contribution in [1.82, 2.24) is 9.97 Å². The number of aryl methyl sites for hydroxylation is 3. The van der Waals surface area contributed by atoms with Crippen LogP contribution >= 0.6 is 11.8 Å². The van der Waals surface area contributed by atoms with Gasteiger partial charge in [-0.2, -0.15) is 0 Å². The number of non-ortho nitro benzene ring substituents is 1. The van der Waals surface area contributed by atoms with E-state index in [1.54, 1.807) is 6.92 Å². The summed E-state index contributed by atoms with van der Waals surface area (Å²) in [6.45, 7) is 4.87. The monoisotopic (exact) mass is 390 g/mol. The van der Waals surface area contributed by atoms with Crippen LogP contribution in [0.15, 0.2) is 29.4 Å². The van der Waals surface area contributed by atoms with E-state index < -0.39 is 23.4 Å². The SMILES string of the molecule is Cc1cc(C)nc(SCC(=O)OCC(=O)Nc2cc([N+](=O)[O-])ccc2C)n1. The Morgan fingerprint density at radius 1 is 1.19 bits per heavy atom. The van der Waals surface area contributed by atoms with Gasteiger partial charge in [-0.05, 0) is 32.4 Å². The van der Waals surface area contributed by atoms with Crippen LogP contribution in [0.2, 0.25) is 0 Å². The van der Waals surface area contributed by atoms with E-state index in [1.165, 1.54) is 18.2 Å². The van der Waals surface area contributed by atoms with Crippen LogP contribution in [0.3, 0.4) is 0 Å². The highest BCUT2D eigenvalue weighted by molar-refractivity contribution is 7.99. The van der Waals surface area contributed by atoms with Gasteiger partial charge in [0.1, 0.15) is 0 Å². The summed E-state index contributed by atoms with van der Waals surface area (Å²) in [5.41, 5.74) is 2.40. The zero-order chi connectivity index (χ0) is 20.0. The molecule has 1 heterocycles. The fourth-order valence-electron chi connectivity index (χ4n) is 2.11. The second-order valence-electron chi connectivity index (χ2n) is 5.69. The second-order valence-corrected chi connectivity index (χ2v) is 6.63. The zero-order valence-electron chi connectivity index (χ0n) is 15.0. The lowest BCUT2D eigenvalue weighted by atomic mass is 10.2. The maximum Gasteiger partial charge on any atom is 0.316 e. The number of ether oxygens (including phenoxy) is 1. The molecule has 0 aliphatic carbocycles. The standard InChI is InChI=1S/C17H18N4O5S/c1-10-4-5-13(21(24)25)7-14(10)20-15(22)8-26-16(23)9-27-17-18-11(2)6-12(3)19-17/h4-7H,8-9H2,1-3H3,(H,20,22). The van der Waals surface area contributed by atoms with Crippen molar-refractivity contribution in [2.75, 3.05) is 17.7 Å². The molecule has 0 aliphatic rings. The number of hydrogen-bond acceptors (Lipinski definition) is 8. The lowest BCUT2D eigenvalue weighted by Crippen LogP contribution is -2.22. The van der Waals surface area contributed by atoms with Gasteiger partial charge in [-0.25, -0.2) is 9.97 Å². The Morgan fingerprint density at radius 2 is 1.85 bits per heavy atom. The van der Waals surface area contributed by atoms with Gasteiger partial charge in [0.2, 0.25) is 0 Å². The van der Waals surface area contributed by atoms with Crippen LogP contribution in [0.5, 0.6) is 0 Å². The number of nitrogens with zero attached hydrogens (tertiary/aromatic N) is 3. The van der Waals surface area contributed by atoms with Gasteiger partial charge in [-0.15, -0.1) is 0 Å². The average Bonchev–Trinajstić information content (AvgIpc) is 2.59. The first-order valence-electron chi connectivity index (χ1n) is 7.90. The minimum Gasteiger partial charge on any atom is -0.455 e. The highest BCUT2D eigenvalue weighted by Crippen LogP contribution is 2.21. The molecule has 10 heteroatoms. The topological polar surface area (TPSA) is 124 Å². The summed E-state index contributed by atoms with van der Waals surface area (Å²) in [5.74, 6) is -1.21. The predicted octanol–water partition coefficient (Wildman–Crippen LogP) is 2.58. The number of nitro benzene ring substituents is 1. The Morgan fingerprint density at radius 3 is 2.48 bits per heavy atom. The van der Waals surface area contributed by atoms with Gasteiger partial charge in [0.25, 0.3) is 11.6 Å². The lowest BCUT2D eigenvalue weighted by molar-refractivity contribution is -0.384. The molecule has 142 valence electrons. The third-order valence-corrected chi connectivity index (χ3v) is 4.17. The number of carbonyl (C=O) groups excluding carboxylic acids is 2. The van der Waals surface area contributed by atoms with Crippen LogP contribution in [0, 0.1) is 30.9 Å². The number of benzene rings is 1. The van der Waals surface area contributed by atoms with Gasteiger partial charge in [0.15, 0.2) is 11.8 Å². The molecule has 0 spiro atoms. The van der Waals surface area contributed by atoms with Crippen molar-refractivity contribution >= 4 is 35.0 Å². The number of aromatic nitrogens is 2. The third kappa shape index (κ3) is 6.33. The Kier molecular flexibility index (Phi) is 6.83. The van der Waals surface area contributed by atoms with E-state index >= 15 is 0 Å². The van der Waals surface area contributed by atoms with Gasteiger partial charge in [0, 0.05) is 23.5 Å². The Labute approximate surface area is 159 Å². The smallest absolute Gasteiger partial charge is 0.316 e. The first-order valence-corrected chi connectivity index (χ1v) is 8.89. The molecule has 9 nitrogen and oxygen atoms in total. The number of nitrogens with one attached hydrogen (secondary N) is 1. The maximum atomic E-state index is 11.9. The van der Waals surface area contributed by atoms with Crippen LogP contribution in [-0.4, -0.2) is 39.1 Å².